The minimum atomic E-state index is 0. The Balaban J connectivity index is -0.000000133. The molecule has 0 saturated carbocycles. The SMILES string of the molecule is C.C.C#CC#CC#CC#CC#CC#CC#CC.Cc1nc2ccc(N)cc2nc1-c1ccc(Cl)cc1.[HH].[HH].[HH].[HH].[N-]=[N+]=NCl. The Labute approximate surface area is 252 Å². The topological polar surface area (TPSA) is 101 Å². The van der Waals surface area contributed by atoms with Gasteiger partial charge in [-0.2, -0.15) is 0 Å². The van der Waals surface area contributed by atoms with Gasteiger partial charge in [0.2, 0.25) is 0 Å². The van der Waals surface area contributed by atoms with Crippen LogP contribution >= 0.6 is 23.4 Å². The molecule has 0 radical (unpaired) electrons. The van der Waals surface area contributed by atoms with Gasteiger partial charge in [0.15, 0.2) is 0 Å². The van der Waals surface area contributed by atoms with E-state index in [1.54, 1.807) is 6.92 Å². The number of hydrogen-bond donors (Lipinski definition) is 1. The molecule has 0 aliphatic carbocycles. The number of fused-ring (bicyclic) bond motifs is 1. The maximum atomic E-state index is 7.20. The molecule has 1 heterocycles. The van der Waals surface area contributed by atoms with Crippen molar-refractivity contribution >= 4 is 40.1 Å². The van der Waals surface area contributed by atoms with Crippen molar-refractivity contribution in [2.45, 2.75) is 28.7 Å². The third kappa shape index (κ3) is 14.8. The van der Waals surface area contributed by atoms with E-state index < -0.39 is 0 Å². The van der Waals surface area contributed by atoms with Crippen molar-refractivity contribution in [3.63, 3.8) is 0 Å². The standard InChI is InChI=1S/C15H12ClN3.C15H4.2CH4.ClN3.4H2/c1-9-15(10-2-4-11(16)5-3-10)19-14-8-12(17)6-7-13(14)18-9;1-3-5-7-9-11-13-15-14-12-10-8-6-4-2;;;1-3-4-2;;;;/h2-8H,17H2,1H3;1H,2H3;2*1H4;;4*1H. The number of rotatable bonds is 1. The fourth-order valence-electron chi connectivity index (χ4n) is 2.42. The summed E-state index contributed by atoms with van der Waals surface area (Å²) in [5, 5.41) is 0.708. The lowest BCUT2D eigenvalue weighted by Gasteiger charge is -2.07. The summed E-state index contributed by atoms with van der Waals surface area (Å²) in [4.78, 5) is 11.3. The van der Waals surface area contributed by atoms with Crippen LogP contribution in [-0.2, 0) is 0 Å². The lowest BCUT2D eigenvalue weighted by atomic mass is 10.1. The van der Waals surface area contributed by atoms with Crippen molar-refractivity contribution < 1.29 is 5.71 Å². The van der Waals surface area contributed by atoms with Gasteiger partial charge in [0.25, 0.3) is 0 Å². The second kappa shape index (κ2) is 22.6. The molecule has 3 rings (SSSR count). The van der Waals surface area contributed by atoms with Crippen LogP contribution in [0.2, 0.25) is 5.02 Å². The van der Waals surface area contributed by atoms with Crippen molar-refractivity contribution in [3.8, 4) is 94.6 Å². The zero-order chi connectivity index (χ0) is 28.0. The highest BCUT2D eigenvalue weighted by Crippen LogP contribution is 2.25. The maximum absolute atomic E-state index is 7.20. The minimum Gasteiger partial charge on any atom is -0.399 e. The van der Waals surface area contributed by atoms with E-state index in [1.165, 1.54) is 0 Å². The molecule has 2 aromatic carbocycles. The Morgan fingerprint density at radius 3 is 1.82 bits per heavy atom. The summed E-state index contributed by atoms with van der Waals surface area (Å²) in [5.41, 5.74) is 18.1. The monoisotopic (exact) mass is 570 g/mol. The normalized spacial score (nSPS) is 6.97. The highest BCUT2D eigenvalue weighted by Gasteiger charge is 2.07. The van der Waals surface area contributed by atoms with Crippen molar-refractivity contribution in [3.05, 3.63) is 63.6 Å². The van der Waals surface area contributed by atoms with Gasteiger partial charge in [-0.15, -0.1) is 6.42 Å². The maximum Gasteiger partial charge on any atom is 0.0922 e. The van der Waals surface area contributed by atoms with E-state index in [0.717, 1.165) is 28.0 Å². The van der Waals surface area contributed by atoms with Crippen LogP contribution in [-0.4, -0.2) is 9.97 Å². The first-order chi connectivity index (χ1) is 18.5. The van der Waals surface area contributed by atoms with Gasteiger partial charge in [0.05, 0.1) is 22.4 Å². The summed E-state index contributed by atoms with van der Waals surface area (Å²) in [6, 6.07) is 13.1. The number of benzene rings is 2. The first-order valence-corrected chi connectivity index (χ1v) is 11.0. The molecule has 0 unspecified atom stereocenters. The van der Waals surface area contributed by atoms with Crippen molar-refractivity contribution in [2.75, 3.05) is 5.73 Å². The van der Waals surface area contributed by atoms with Gasteiger partial charge in [-0.05, 0) is 133 Å². The Bertz CT molecular complexity index is 1780. The summed E-state index contributed by atoms with van der Waals surface area (Å²) in [5.74, 6) is 31.9. The number of aromatic nitrogens is 2. The van der Waals surface area contributed by atoms with Crippen LogP contribution in [0, 0.1) is 90.3 Å². The van der Waals surface area contributed by atoms with E-state index in [2.05, 4.69) is 108 Å². The molecule has 0 amide bonds. The van der Waals surface area contributed by atoms with Crippen LogP contribution in [0.4, 0.5) is 5.69 Å². The average Bonchev–Trinajstić information content (AvgIpc) is 2.92. The zero-order valence-corrected chi connectivity index (χ0v) is 21.7. The molecule has 0 bridgehead atoms. The molecule has 0 saturated heterocycles. The number of halogens is 2. The van der Waals surface area contributed by atoms with Crippen LogP contribution in [0.25, 0.3) is 32.7 Å². The second-order valence-corrected chi connectivity index (χ2v) is 6.93. The molecule has 0 fully saturated rings. The number of terminal acetylenes is 1. The molecule has 204 valence electrons. The highest BCUT2D eigenvalue weighted by molar-refractivity contribution is 6.30. The third-order valence-corrected chi connectivity index (χ3v) is 4.16. The van der Waals surface area contributed by atoms with E-state index in [-0.39, 0.29) is 20.6 Å². The number of azide groups is 1. The van der Waals surface area contributed by atoms with Crippen molar-refractivity contribution in [2.24, 2.45) is 4.63 Å². The van der Waals surface area contributed by atoms with Crippen LogP contribution in [0.1, 0.15) is 33.2 Å². The van der Waals surface area contributed by atoms with Gasteiger partial charge >= 0.3 is 0 Å². The molecule has 6 nitrogen and oxygen atoms in total. The molecule has 1 aromatic heterocycles. The van der Waals surface area contributed by atoms with Gasteiger partial charge in [0, 0.05) is 31.5 Å². The lowest BCUT2D eigenvalue weighted by molar-refractivity contribution is 1.19. The quantitative estimate of drug-likeness (QED) is 0.105. The van der Waals surface area contributed by atoms with E-state index in [0.29, 0.717) is 10.7 Å². The smallest absolute Gasteiger partial charge is 0.0922 e. The van der Waals surface area contributed by atoms with Gasteiger partial charge in [0.1, 0.15) is 0 Å². The van der Waals surface area contributed by atoms with Gasteiger partial charge in [-0.3, -0.25) is 0 Å². The lowest BCUT2D eigenvalue weighted by Crippen LogP contribution is -1.95. The molecule has 2 N–H and O–H groups in total. The van der Waals surface area contributed by atoms with E-state index in [4.69, 9.17) is 29.3 Å². The first kappa shape index (κ1) is 36.5. The van der Waals surface area contributed by atoms with Crippen LogP contribution in [0.5, 0.6) is 0 Å². The first-order valence-electron chi connectivity index (χ1n) is 10.3. The number of nitrogen functional groups attached to an aromatic ring is 1. The van der Waals surface area contributed by atoms with Crippen LogP contribution in [0.15, 0.2) is 47.1 Å². The van der Waals surface area contributed by atoms with Gasteiger partial charge in [-0.25, -0.2) is 9.97 Å². The summed E-state index contributed by atoms with van der Waals surface area (Å²) < 4.78 is 2.39. The number of nitrogens with zero attached hydrogens (tertiary/aromatic N) is 5. The summed E-state index contributed by atoms with van der Waals surface area (Å²) in [6.07, 6.45) is 4.87. The van der Waals surface area contributed by atoms with Crippen molar-refractivity contribution in [1.82, 2.24) is 9.97 Å². The Hall–Kier alpha value is -5.61. The average molecular weight is 572 g/mol. The molecule has 0 atom stereocenters. The van der Waals surface area contributed by atoms with Crippen molar-refractivity contribution in [1.29, 1.82) is 0 Å². The Kier molecular flexibility index (Phi) is 20.6. The number of hydrogen-bond acceptors (Lipinski definition) is 4. The number of anilines is 1. The van der Waals surface area contributed by atoms with Crippen LogP contribution in [0.3, 0.4) is 0 Å². The number of nitrogens with two attached hydrogens (primary N) is 1. The molecule has 0 aliphatic rings. The highest BCUT2D eigenvalue weighted by atomic mass is 35.5. The predicted molar refractivity (Wildman–Crippen MR) is 177 cm³/mol. The second-order valence-electron chi connectivity index (χ2n) is 6.35. The molecule has 0 aliphatic heterocycles. The fraction of sp³-hybridized carbons (Fsp3) is 0.125. The molecule has 40 heavy (non-hydrogen) atoms. The summed E-state index contributed by atoms with van der Waals surface area (Å²) in [6.45, 7) is 3.65. The molecule has 3 aromatic rings. The molecule has 8 heteroatoms. The summed E-state index contributed by atoms with van der Waals surface area (Å²) >= 11 is 10.3. The van der Waals surface area contributed by atoms with E-state index >= 15 is 0 Å². The fourth-order valence-corrected chi connectivity index (χ4v) is 2.55. The predicted octanol–water partition coefficient (Wildman–Crippen LogP) is 8.21. The molecular weight excluding hydrogens is 539 g/mol. The van der Waals surface area contributed by atoms with Gasteiger partial charge < -0.3 is 5.73 Å². The summed E-state index contributed by atoms with van der Waals surface area (Å²) in [7, 11) is 0. The Morgan fingerprint density at radius 2 is 1.35 bits per heavy atom. The third-order valence-electron chi connectivity index (χ3n) is 3.84. The largest absolute Gasteiger partial charge is 0.399 e. The minimum absolute atomic E-state index is 0. The van der Waals surface area contributed by atoms with E-state index in [1.807, 2.05) is 49.4 Å². The Morgan fingerprint density at radius 1 is 0.850 bits per heavy atom. The molecule has 0 spiro atoms. The zero-order valence-electron chi connectivity index (χ0n) is 20.2. The number of aryl methyl sites for hydroxylation is 1. The molecular formula is C32H32Cl2N6. The van der Waals surface area contributed by atoms with E-state index in [9.17, 15) is 0 Å². The van der Waals surface area contributed by atoms with Gasteiger partial charge in [-0.1, -0.05) is 44.5 Å². The van der Waals surface area contributed by atoms with Crippen LogP contribution < -0.4 is 5.73 Å².